The molecule has 0 spiro atoms. The molecule has 62 heavy (non-hydrogen) atoms. The molecule has 0 aliphatic heterocycles. The van der Waals surface area contributed by atoms with Crippen molar-refractivity contribution in [3.8, 4) is 51.0 Å². The van der Waals surface area contributed by atoms with Crippen LogP contribution in [0.1, 0.15) is 0 Å². The first-order valence-electron chi connectivity index (χ1n) is 20.9. The Bertz CT molecular complexity index is 3920. The molecular weight excluding hydrogens is 773 g/mol. The van der Waals surface area contributed by atoms with Crippen molar-refractivity contribution >= 4 is 85.6 Å². The van der Waals surface area contributed by atoms with Crippen LogP contribution < -0.4 is 0 Å². The highest BCUT2D eigenvalue weighted by atomic mass is 32.1. The van der Waals surface area contributed by atoms with Crippen LogP contribution in [0.5, 0.6) is 0 Å². The molecule has 0 saturated heterocycles. The fourth-order valence-corrected chi connectivity index (χ4v) is 10.8. The maximum Gasteiger partial charge on any atom is 0.238 e. The molecule has 13 rings (SSSR count). The summed E-state index contributed by atoms with van der Waals surface area (Å²) in [5, 5.41) is 12.0. The van der Waals surface area contributed by atoms with Crippen LogP contribution in [0.15, 0.2) is 206 Å². The van der Waals surface area contributed by atoms with E-state index in [0.29, 0.717) is 17.6 Å². The number of benzene rings is 10. The fourth-order valence-electron chi connectivity index (χ4n) is 9.52. The van der Waals surface area contributed by atoms with Gasteiger partial charge in [0.2, 0.25) is 5.95 Å². The van der Waals surface area contributed by atoms with Crippen LogP contribution in [-0.2, 0) is 0 Å². The summed E-state index contributed by atoms with van der Waals surface area (Å²) in [5.41, 5.74) is 8.61. The lowest BCUT2D eigenvalue weighted by Gasteiger charge is -2.14. The predicted molar refractivity (Wildman–Crippen MR) is 261 cm³/mol. The van der Waals surface area contributed by atoms with E-state index >= 15 is 0 Å². The van der Waals surface area contributed by atoms with Crippen LogP contribution in [0.3, 0.4) is 0 Å². The van der Waals surface area contributed by atoms with Gasteiger partial charge in [-0.05, 0) is 50.2 Å². The SMILES string of the molecule is c1ccc(-c2ccc(-c3nc(-c4ccc5ccccc5c4)nc(-n4c5c(-c6cccc7c6sc6ccc8ccccc8c67)cccc5c5ccc6ccccc6c54)n3)cc2)cc1. The highest BCUT2D eigenvalue weighted by Gasteiger charge is 2.24. The molecule has 0 amide bonds. The average molecular weight is 807 g/mol. The standard InChI is InChI=1S/C57H34N4S/c1-2-12-35(13-3-1)37-24-27-40(28-25-37)55-58-56(42-29-26-36-14-4-5-17-41(36)34-42)60-57(59-55)61-52-44-19-9-7-16-39(44)30-32-47(52)45-20-10-21-46(53(45)61)48-22-11-23-49-51-43-18-8-6-15-38(43)31-33-50(51)62-54(48)49/h1-34H. The zero-order chi connectivity index (χ0) is 40.7. The molecule has 0 aliphatic rings. The molecular formula is C57H34N4S. The number of fused-ring (bicyclic) bond motifs is 11. The molecule has 4 nitrogen and oxygen atoms in total. The molecule has 0 N–H and O–H groups in total. The number of hydrogen-bond acceptors (Lipinski definition) is 4. The van der Waals surface area contributed by atoms with Crippen molar-refractivity contribution in [2.75, 3.05) is 0 Å². The lowest BCUT2D eigenvalue weighted by Crippen LogP contribution is -2.07. The van der Waals surface area contributed by atoms with Gasteiger partial charge in [-0.2, -0.15) is 9.97 Å². The quantitative estimate of drug-likeness (QED) is 0.174. The molecule has 0 unspecified atom stereocenters. The van der Waals surface area contributed by atoms with Gasteiger partial charge in [-0.3, -0.25) is 4.57 Å². The van der Waals surface area contributed by atoms with E-state index in [1.807, 2.05) is 17.4 Å². The number of nitrogens with zero attached hydrogens (tertiary/aromatic N) is 4. The van der Waals surface area contributed by atoms with Gasteiger partial charge in [0.05, 0.1) is 11.0 Å². The molecule has 3 aromatic heterocycles. The maximum absolute atomic E-state index is 5.46. The third kappa shape index (κ3) is 5.42. The van der Waals surface area contributed by atoms with E-state index in [-0.39, 0.29) is 0 Å². The largest absolute Gasteiger partial charge is 0.277 e. The van der Waals surface area contributed by atoms with E-state index in [1.54, 1.807) is 0 Å². The average Bonchev–Trinajstić information content (AvgIpc) is 3.91. The number of thiophene rings is 1. The summed E-state index contributed by atoms with van der Waals surface area (Å²) in [4.78, 5) is 16.2. The van der Waals surface area contributed by atoms with E-state index in [0.717, 1.165) is 60.2 Å². The van der Waals surface area contributed by atoms with Gasteiger partial charge in [-0.25, -0.2) is 4.98 Å². The van der Waals surface area contributed by atoms with Gasteiger partial charge in [-0.15, -0.1) is 11.3 Å². The lowest BCUT2D eigenvalue weighted by atomic mass is 9.98. The monoisotopic (exact) mass is 806 g/mol. The van der Waals surface area contributed by atoms with Gasteiger partial charge in [0.25, 0.3) is 0 Å². The van der Waals surface area contributed by atoms with Crippen LogP contribution in [-0.4, -0.2) is 19.5 Å². The third-order valence-electron chi connectivity index (χ3n) is 12.4. The second-order valence-electron chi connectivity index (χ2n) is 16.0. The highest BCUT2D eigenvalue weighted by Crippen LogP contribution is 2.46. The second-order valence-corrected chi connectivity index (χ2v) is 17.0. The van der Waals surface area contributed by atoms with Crippen molar-refractivity contribution in [3.63, 3.8) is 0 Å². The van der Waals surface area contributed by atoms with Crippen LogP contribution in [0.25, 0.3) is 125 Å². The summed E-state index contributed by atoms with van der Waals surface area (Å²) >= 11 is 1.87. The second kappa shape index (κ2) is 13.8. The van der Waals surface area contributed by atoms with Crippen molar-refractivity contribution in [2.24, 2.45) is 0 Å². The lowest BCUT2D eigenvalue weighted by molar-refractivity contribution is 0.956. The topological polar surface area (TPSA) is 43.6 Å². The third-order valence-corrected chi connectivity index (χ3v) is 13.6. The first kappa shape index (κ1) is 34.8. The zero-order valence-electron chi connectivity index (χ0n) is 33.3. The summed E-state index contributed by atoms with van der Waals surface area (Å²) in [7, 11) is 0. The summed E-state index contributed by atoms with van der Waals surface area (Å²) in [6.45, 7) is 0. The van der Waals surface area contributed by atoms with Gasteiger partial charge in [0, 0.05) is 58.6 Å². The molecule has 0 bridgehead atoms. The number of para-hydroxylation sites is 1. The molecule has 0 fully saturated rings. The van der Waals surface area contributed by atoms with Gasteiger partial charge in [-0.1, -0.05) is 194 Å². The molecule has 13 aromatic rings. The smallest absolute Gasteiger partial charge is 0.238 e. The fraction of sp³-hybridized carbons (Fsp3) is 0. The molecule has 288 valence electrons. The molecule has 0 radical (unpaired) electrons. The minimum absolute atomic E-state index is 0.573. The Labute approximate surface area is 360 Å². The van der Waals surface area contributed by atoms with Gasteiger partial charge in [0.1, 0.15) is 0 Å². The Kier molecular flexibility index (Phi) is 7.74. The van der Waals surface area contributed by atoms with Gasteiger partial charge < -0.3 is 0 Å². The molecule has 3 heterocycles. The Morgan fingerprint density at radius 3 is 1.73 bits per heavy atom. The van der Waals surface area contributed by atoms with E-state index in [4.69, 9.17) is 15.0 Å². The Morgan fingerprint density at radius 2 is 0.903 bits per heavy atom. The van der Waals surface area contributed by atoms with Crippen LogP contribution in [0, 0.1) is 0 Å². The minimum Gasteiger partial charge on any atom is -0.277 e. The minimum atomic E-state index is 0.573. The van der Waals surface area contributed by atoms with Gasteiger partial charge in [0.15, 0.2) is 11.6 Å². The summed E-state index contributed by atoms with van der Waals surface area (Å²) in [5.74, 6) is 1.81. The molecule has 0 aliphatic carbocycles. The number of rotatable bonds is 5. The van der Waals surface area contributed by atoms with Crippen LogP contribution >= 0.6 is 11.3 Å². The first-order valence-corrected chi connectivity index (χ1v) is 21.7. The summed E-state index contributed by atoms with van der Waals surface area (Å²) in [6.07, 6.45) is 0. The highest BCUT2D eigenvalue weighted by molar-refractivity contribution is 7.26. The summed E-state index contributed by atoms with van der Waals surface area (Å²) in [6, 6.07) is 73.8. The molecule has 0 saturated carbocycles. The zero-order valence-corrected chi connectivity index (χ0v) is 34.1. The van der Waals surface area contributed by atoms with Crippen molar-refractivity contribution in [1.29, 1.82) is 0 Å². The Balaban J connectivity index is 1.12. The predicted octanol–water partition coefficient (Wildman–Crippen LogP) is 15.5. The number of aromatic nitrogens is 4. The maximum atomic E-state index is 5.46. The van der Waals surface area contributed by atoms with Gasteiger partial charge >= 0.3 is 0 Å². The molecule has 0 atom stereocenters. The van der Waals surface area contributed by atoms with Crippen molar-refractivity contribution in [2.45, 2.75) is 0 Å². The van der Waals surface area contributed by atoms with E-state index in [1.165, 1.54) is 47.5 Å². The summed E-state index contributed by atoms with van der Waals surface area (Å²) < 4.78 is 4.86. The van der Waals surface area contributed by atoms with Crippen molar-refractivity contribution in [1.82, 2.24) is 19.5 Å². The van der Waals surface area contributed by atoms with E-state index in [9.17, 15) is 0 Å². The Hall–Kier alpha value is -7.99. The Morgan fingerprint density at radius 1 is 0.339 bits per heavy atom. The van der Waals surface area contributed by atoms with E-state index in [2.05, 4.69) is 205 Å². The molecule has 5 heteroatoms. The first-order chi connectivity index (χ1) is 30.7. The van der Waals surface area contributed by atoms with E-state index < -0.39 is 0 Å². The normalized spacial score (nSPS) is 11.9. The molecule has 10 aromatic carbocycles. The number of hydrogen-bond donors (Lipinski definition) is 0. The van der Waals surface area contributed by atoms with Crippen LogP contribution in [0.4, 0.5) is 0 Å². The van der Waals surface area contributed by atoms with Crippen molar-refractivity contribution < 1.29 is 0 Å². The van der Waals surface area contributed by atoms with Crippen molar-refractivity contribution in [3.05, 3.63) is 206 Å². The van der Waals surface area contributed by atoms with Crippen LogP contribution in [0.2, 0.25) is 0 Å².